The van der Waals surface area contributed by atoms with Gasteiger partial charge in [0.1, 0.15) is 16.9 Å². The average Bonchev–Trinajstić information content (AvgIpc) is 3.45. The minimum absolute atomic E-state index is 0.304. The normalized spacial score (nSPS) is 11.0. The molecule has 32 heavy (non-hydrogen) atoms. The molecule has 0 aliphatic carbocycles. The van der Waals surface area contributed by atoms with E-state index in [9.17, 15) is 4.79 Å². The van der Waals surface area contributed by atoms with Gasteiger partial charge in [-0.15, -0.1) is 11.8 Å². The van der Waals surface area contributed by atoms with Crippen LogP contribution >= 0.6 is 23.5 Å². The third kappa shape index (κ3) is 5.00. The standard InChI is InChI=1S/C21H20N6O3S2/c1-4-29-21(28)16-10-27(25-13(16)2)17-9-19(23-12-22-17)32-11-18-24-20(26-30-18)14-5-7-15(31-3)8-6-14/h5-10,12H,4,11H2,1-3H3. The van der Waals surface area contributed by atoms with Crippen LogP contribution in [-0.4, -0.2) is 48.7 Å². The van der Waals surface area contributed by atoms with Gasteiger partial charge in [0.25, 0.3) is 0 Å². The van der Waals surface area contributed by atoms with E-state index in [2.05, 4.69) is 25.2 Å². The highest BCUT2D eigenvalue weighted by atomic mass is 32.2. The Kier molecular flexibility index (Phi) is 6.86. The molecule has 1 aromatic carbocycles. The van der Waals surface area contributed by atoms with E-state index in [4.69, 9.17) is 9.26 Å². The topological polar surface area (TPSA) is 109 Å². The van der Waals surface area contributed by atoms with E-state index in [1.54, 1.807) is 37.9 Å². The van der Waals surface area contributed by atoms with Gasteiger partial charge in [-0.2, -0.15) is 10.1 Å². The molecule has 0 amide bonds. The van der Waals surface area contributed by atoms with E-state index in [0.29, 0.717) is 46.2 Å². The summed E-state index contributed by atoms with van der Waals surface area (Å²) in [5, 5.41) is 9.15. The number of esters is 1. The van der Waals surface area contributed by atoms with Crippen molar-refractivity contribution >= 4 is 29.5 Å². The molecule has 0 aliphatic heterocycles. The highest BCUT2D eigenvalue weighted by molar-refractivity contribution is 7.98. The summed E-state index contributed by atoms with van der Waals surface area (Å²) in [5.74, 6) is 1.64. The van der Waals surface area contributed by atoms with Crippen molar-refractivity contribution in [2.24, 2.45) is 0 Å². The smallest absolute Gasteiger partial charge is 0.341 e. The van der Waals surface area contributed by atoms with Crippen LogP contribution in [0.5, 0.6) is 0 Å². The Labute approximate surface area is 193 Å². The van der Waals surface area contributed by atoms with Crippen LogP contribution in [0.2, 0.25) is 0 Å². The van der Waals surface area contributed by atoms with Crippen molar-refractivity contribution in [3.63, 3.8) is 0 Å². The number of carbonyl (C=O) groups is 1. The van der Waals surface area contributed by atoms with Crippen molar-refractivity contribution in [3.05, 3.63) is 60.0 Å². The fourth-order valence-corrected chi connectivity index (χ4v) is 3.93. The van der Waals surface area contributed by atoms with Gasteiger partial charge in [-0.1, -0.05) is 16.9 Å². The minimum atomic E-state index is -0.407. The first-order chi connectivity index (χ1) is 15.6. The number of nitrogens with zero attached hydrogens (tertiary/aromatic N) is 6. The van der Waals surface area contributed by atoms with E-state index in [1.165, 1.54) is 27.7 Å². The SMILES string of the molecule is CCOC(=O)c1cn(-c2cc(SCc3nc(-c4ccc(SC)cc4)no3)ncn2)nc1C. The largest absolute Gasteiger partial charge is 0.462 e. The lowest BCUT2D eigenvalue weighted by Crippen LogP contribution is -2.04. The molecule has 0 N–H and O–H groups in total. The molecule has 0 spiro atoms. The Balaban J connectivity index is 1.44. The molecule has 0 aliphatic rings. The number of thioether (sulfide) groups is 2. The number of rotatable bonds is 8. The lowest BCUT2D eigenvalue weighted by atomic mass is 10.2. The first kappa shape index (κ1) is 22.0. The van der Waals surface area contributed by atoms with Gasteiger partial charge in [0.05, 0.1) is 18.1 Å². The van der Waals surface area contributed by atoms with Crippen molar-refractivity contribution in [3.8, 4) is 17.2 Å². The van der Waals surface area contributed by atoms with Crippen molar-refractivity contribution in [1.82, 2.24) is 29.9 Å². The molecule has 4 rings (SSSR count). The summed E-state index contributed by atoms with van der Waals surface area (Å²) >= 11 is 3.12. The van der Waals surface area contributed by atoms with Crippen LogP contribution in [0, 0.1) is 6.92 Å². The summed E-state index contributed by atoms with van der Waals surface area (Å²) in [5.41, 5.74) is 1.88. The van der Waals surface area contributed by atoms with Gasteiger partial charge in [0.2, 0.25) is 11.7 Å². The fraction of sp³-hybridized carbons (Fsp3) is 0.238. The van der Waals surface area contributed by atoms with E-state index in [1.807, 2.05) is 30.5 Å². The molecule has 0 radical (unpaired) electrons. The Hall–Kier alpha value is -3.18. The fourth-order valence-electron chi connectivity index (χ4n) is 2.83. The summed E-state index contributed by atoms with van der Waals surface area (Å²) in [7, 11) is 0. The zero-order valence-corrected chi connectivity index (χ0v) is 19.3. The molecule has 0 atom stereocenters. The molecular weight excluding hydrogens is 448 g/mol. The van der Waals surface area contributed by atoms with Crippen LogP contribution in [0.3, 0.4) is 0 Å². The monoisotopic (exact) mass is 468 g/mol. The zero-order valence-electron chi connectivity index (χ0n) is 17.7. The quantitative estimate of drug-likeness (QED) is 0.212. The maximum absolute atomic E-state index is 12.0. The van der Waals surface area contributed by atoms with Crippen LogP contribution in [0.25, 0.3) is 17.2 Å². The van der Waals surface area contributed by atoms with E-state index in [-0.39, 0.29) is 0 Å². The van der Waals surface area contributed by atoms with Crippen LogP contribution in [0.1, 0.15) is 28.9 Å². The predicted octanol–water partition coefficient (Wildman–Crippen LogP) is 4.21. The highest BCUT2D eigenvalue weighted by Crippen LogP contribution is 2.24. The van der Waals surface area contributed by atoms with Crippen LogP contribution in [0.15, 0.2) is 57.3 Å². The first-order valence-corrected chi connectivity index (χ1v) is 11.9. The molecule has 3 heterocycles. The lowest BCUT2D eigenvalue weighted by molar-refractivity contribution is 0.0525. The Morgan fingerprint density at radius 1 is 1.22 bits per heavy atom. The molecular formula is C21H20N6O3S2. The Morgan fingerprint density at radius 2 is 2.03 bits per heavy atom. The number of hydrogen-bond donors (Lipinski definition) is 0. The summed E-state index contributed by atoms with van der Waals surface area (Å²) in [6.07, 6.45) is 5.09. The molecule has 0 unspecified atom stereocenters. The highest BCUT2D eigenvalue weighted by Gasteiger charge is 2.16. The third-order valence-corrected chi connectivity index (χ3v) is 6.07. The number of benzene rings is 1. The number of aromatic nitrogens is 6. The summed E-state index contributed by atoms with van der Waals surface area (Å²) in [4.78, 5) is 26.2. The molecule has 11 heteroatoms. The third-order valence-electron chi connectivity index (χ3n) is 4.42. The number of carbonyl (C=O) groups excluding carboxylic acids is 1. The van der Waals surface area contributed by atoms with Crippen molar-refractivity contribution in [2.75, 3.05) is 12.9 Å². The molecule has 164 valence electrons. The predicted molar refractivity (Wildman–Crippen MR) is 121 cm³/mol. The molecule has 4 aromatic rings. The van der Waals surface area contributed by atoms with Gasteiger partial charge in [-0.3, -0.25) is 0 Å². The van der Waals surface area contributed by atoms with Gasteiger partial charge in [-0.25, -0.2) is 19.4 Å². The van der Waals surface area contributed by atoms with Crippen molar-refractivity contribution in [1.29, 1.82) is 0 Å². The van der Waals surface area contributed by atoms with Crippen molar-refractivity contribution < 1.29 is 14.1 Å². The zero-order chi connectivity index (χ0) is 22.5. The van der Waals surface area contributed by atoms with E-state index >= 15 is 0 Å². The van der Waals surface area contributed by atoms with Gasteiger partial charge < -0.3 is 9.26 Å². The molecule has 0 bridgehead atoms. The molecule has 0 fully saturated rings. The molecule has 0 saturated heterocycles. The number of ether oxygens (including phenoxy) is 1. The number of hydrogen-bond acceptors (Lipinski definition) is 10. The van der Waals surface area contributed by atoms with Gasteiger partial charge in [0, 0.05) is 22.7 Å². The van der Waals surface area contributed by atoms with Gasteiger partial charge >= 0.3 is 5.97 Å². The van der Waals surface area contributed by atoms with Crippen LogP contribution < -0.4 is 0 Å². The maximum Gasteiger partial charge on any atom is 0.341 e. The second-order valence-electron chi connectivity index (χ2n) is 6.54. The lowest BCUT2D eigenvalue weighted by Gasteiger charge is -2.02. The summed E-state index contributed by atoms with van der Waals surface area (Å²) < 4.78 is 12.0. The Morgan fingerprint density at radius 3 is 2.78 bits per heavy atom. The molecule has 9 nitrogen and oxygen atoms in total. The average molecular weight is 469 g/mol. The van der Waals surface area contributed by atoms with Crippen LogP contribution in [-0.2, 0) is 10.5 Å². The van der Waals surface area contributed by atoms with Gasteiger partial charge in [0.15, 0.2) is 5.82 Å². The summed E-state index contributed by atoms with van der Waals surface area (Å²) in [6.45, 7) is 3.82. The minimum Gasteiger partial charge on any atom is -0.462 e. The molecule has 0 saturated carbocycles. The van der Waals surface area contributed by atoms with Crippen molar-refractivity contribution in [2.45, 2.75) is 29.5 Å². The second-order valence-corrected chi connectivity index (χ2v) is 8.41. The van der Waals surface area contributed by atoms with E-state index < -0.39 is 5.97 Å². The number of aryl methyl sites for hydroxylation is 1. The Bertz CT molecular complexity index is 1220. The second kappa shape index (κ2) is 9.96. The van der Waals surface area contributed by atoms with Gasteiger partial charge in [-0.05, 0) is 44.4 Å². The maximum atomic E-state index is 12.0. The molecule has 3 aromatic heterocycles. The van der Waals surface area contributed by atoms with Crippen LogP contribution in [0.4, 0.5) is 0 Å². The van der Waals surface area contributed by atoms with E-state index in [0.717, 1.165) is 5.56 Å². The first-order valence-electron chi connectivity index (χ1n) is 9.73. The summed E-state index contributed by atoms with van der Waals surface area (Å²) in [6, 6.07) is 9.78.